The molecule has 3 aromatic rings. The molecule has 1 N–H and O–H groups in total. The largest absolute Gasteiger partial charge is 0.497 e. The molecule has 2 heterocycles. The van der Waals surface area contributed by atoms with Gasteiger partial charge in [-0.3, -0.25) is 4.79 Å². The van der Waals surface area contributed by atoms with E-state index in [0.717, 1.165) is 41.7 Å². The summed E-state index contributed by atoms with van der Waals surface area (Å²) in [5.74, 6) is 1.08. The minimum atomic E-state index is -0.331. The highest BCUT2D eigenvalue weighted by molar-refractivity contribution is 7.09. The lowest BCUT2D eigenvalue weighted by molar-refractivity contribution is -0.117. The minimum absolute atomic E-state index is 0.112. The zero-order valence-electron chi connectivity index (χ0n) is 16.0. The fourth-order valence-corrected chi connectivity index (χ4v) is 4.19. The van der Waals surface area contributed by atoms with Gasteiger partial charge in [-0.05, 0) is 54.8 Å². The molecule has 0 saturated carbocycles. The molecule has 4 rings (SSSR count). The van der Waals surface area contributed by atoms with Gasteiger partial charge in [0.05, 0.1) is 7.11 Å². The van der Waals surface area contributed by atoms with Crippen molar-refractivity contribution < 1.29 is 13.9 Å². The molecule has 2 aromatic carbocycles. The van der Waals surface area contributed by atoms with E-state index in [-0.39, 0.29) is 17.8 Å². The molecule has 1 aliphatic rings. The standard InChI is InChI=1S/C21H21FN4O2S/c1-28-17-5-2-4-14(12-17)13-19-24-21(29-25-19)26-11-3-6-18(26)20(27)23-16-9-7-15(22)8-10-16/h2,4-5,7-10,12,18H,3,6,11,13H2,1H3,(H,23,27). The van der Waals surface area contributed by atoms with Gasteiger partial charge in [0.25, 0.3) is 0 Å². The molecule has 29 heavy (non-hydrogen) atoms. The Hall–Kier alpha value is -3.00. The lowest BCUT2D eigenvalue weighted by Gasteiger charge is -2.22. The summed E-state index contributed by atoms with van der Waals surface area (Å²) in [5.41, 5.74) is 1.65. The molecule has 8 heteroatoms. The topological polar surface area (TPSA) is 67.3 Å². The Morgan fingerprint density at radius 3 is 2.93 bits per heavy atom. The van der Waals surface area contributed by atoms with E-state index >= 15 is 0 Å². The fourth-order valence-electron chi connectivity index (χ4n) is 3.43. The van der Waals surface area contributed by atoms with Crippen LogP contribution in [-0.4, -0.2) is 35.0 Å². The van der Waals surface area contributed by atoms with Gasteiger partial charge in [-0.1, -0.05) is 12.1 Å². The van der Waals surface area contributed by atoms with Crippen molar-refractivity contribution in [1.82, 2.24) is 9.36 Å². The summed E-state index contributed by atoms with van der Waals surface area (Å²) in [6.07, 6.45) is 2.26. The van der Waals surface area contributed by atoms with Crippen molar-refractivity contribution in [1.29, 1.82) is 0 Å². The lowest BCUT2D eigenvalue weighted by Crippen LogP contribution is -2.39. The smallest absolute Gasteiger partial charge is 0.247 e. The van der Waals surface area contributed by atoms with Crippen molar-refractivity contribution in [3.8, 4) is 5.75 Å². The fraction of sp³-hybridized carbons (Fsp3) is 0.286. The SMILES string of the molecule is COc1cccc(Cc2nsc(N3CCCC3C(=O)Nc3ccc(F)cc3)n2)c1. The molecule has 0 radical (unpaired) electrons. The highest BCUT2D eigenvalue weighted by atomic mass is 32.1. The predicted octanol–water partition coefficient (Wildman–Crippen LogP) is 3.88. The molecule has 1 atom stereocenters. The number of aromatic nitrogens is 2. The van der Waals surface area contributed by atoms with Gasteiger partial charge in [0.1, 0.15) is 23.4 Å². The van der Waals surface area contributed by atoms with Gasteiger partial charge >= 0.3 is 0 Å². The maximum absolute atomic E-state index is 13.1. The van der Waals surface area contributed by atoms with Crippen LogP contribution in [0.3, 0.4) is 0 Å². The zero-order valence-corrected chi connectivity index (χ0v) is 16.8. The van der Waals surface area contributed by atoms with E-state index in [4.69, 9.17) is 4.74 Å². The van der Waals surface area contributed by atoms with Gasteiger partial charge < -0.3 is 15.0 Å². The minimum Gasteiger partial charge on any atom is -0.497 e. The number of nitrogens with one attached hydrogen (secondary N) is 1. The lowest BCUT2D eigenvalue weighted by atomic mass is 10.1. The molecule has 1 aliphatic heterocycles. The Balaban J connectivity index is 1.44. The van der Waals surface area contributed by atoms with Crippen LogP contribution < -0.4 is 15.0 Å². The summed E-state index contributed by atoms with van der Waals surface area (Å²) >= 11 is 1.31. The number of amides is 1. The Morgan fingerprint density at radius 1 is 1.31 bits per heavy atom. The van der Waals surface area contributed by atoms with E-state index < -0.39 is 0 Å². The number of carbonyl (C=O) groups is 1. The maximum Gasteiger partial charge on any atom is 0.247 e. The first kappa shape index (κ1) is 19.3. The van der Waals surface area contributed by atoms with Gasteiger partial charge in [-0.25, -0.2) is 9.37 Å². The monoisotopic (exact) mass is 412 g/mol. The summed E-state index contributed by atoms with van der Waals surface area (Å²) in [6, 6.07) is 13.3. The molecule has 1 fully saturated rings. The Kier molecular flexibility index (Phi) is 5.71. The molecule has 1 aromatic heterocycles. The number of ether oxygens (including phenoxy) is 1. The first-order valence-electron chi connectivity index (χ1n) is 9.41. The predicted molar refractivity (Wildman–Crippen MR) is 111 cm³/mol. The molecule has 0 bridgehead atoms. The van der Waals surface area contributed by atoms with E-state index in [1.807, 2.05) is 29.2 Å². The Morgan fingerprint density at radius 2 is 2.14 bits per heavy atom. The van der Waals surface area contributed by atoms with E-state index in [1.165, 1.54) is 23.7 Å². The number of rotatable bonds is 6. The molecule has 1 saturated heterocycles. The summed E-state index contributed by atoms with van der Waals surface area (Å²) in [6.45, 7) is 0.759. The number of hydrogen-bond acceptors (Lipinski definition) is 6. The second-order valence-electron chi connectivity index (χ2n) is 6.87. The Labute approximate surface area is 172 Å². The number of halogens is 1. The number of methoxy groups -OCH3 is 1. The van der Waals surface area contributed by atoms with Crippen molar-refractivity contribution in [3.63, 3.8) is 0 Å². The van der Waals surface area contributed by atoms with Crippen molar-refractivity contribution in [2.75, 3.05) is 23.9 Å². The second kappa shape index (κ2) is 8.57. The zero-order chi connectivity index (χ0) is 20.2. The van der Waals surface area contributed by atoms with E-state index in [1.54, 1.807) is 19.2 Å². The van der Waals surface area contributed by atoms with E-state index in [0.29, 0.717) is 12.1 Å². The maximum atomic E-state index is 13.1. The summed E-state index contributed by atoms with van der Waals surface area (Å²) in [5, 5.41) is 3.62. The van der Waals surface area contributed by atoms with Crippen LogP contribution in [-0.2, 0) is 11.2 Å². The summed E-state index contributed by atoms with van der Waals surface area (Å²) in [7, 11) is 1.64. The quantitative estimate of drug-likeness (QED) is 0.665. The Bertz CT molecular complexity index is 992. The number of anilines is 2. The first-order valence-corrected chi connectivity index (χ1v) is 10.2. The van der Waals surface area contributed by atoms with Crippen molar-refractivity contribution in [3.05, 3.63) is 65.7 Å². The highest BCUT2D eigenvalue weighted by Crippen LogP contribution is 2.28. The molecule has 1 unspecified atom stereocenters. The molecular formula is C21H21FN4O2S. The molecular weight excluding hydrogens is 391 g/mol. The second-order valence-corrected chi connectivity index (χ2v) is 7.60. The van der Waals surface area contributed by atoms with Crippen LogP contribution in [0, 0.1) is 5.82 Å². The molecule has 0 aliphatic carbocycles. The molecule has 150 valence electrons. The van der Waals surface area contributed by atoms with Crippen LogP contribution in [0.25, 0.3) is 0 Å². The van der Waals surface area contributed by atoms with Crippen LogP contribution in [0.2, 0.25) is 0 Å². The van der Waals surface area contributed by atoms with Crippen molar-refractivity contribution >= 4 is 28.3 Å². The molecule has 1 amide bonds. The highest BCUT2D eigenvalue weighted by Gasteiger charge is 2.33. The van der Waals surface area contributed by atoms with Crippen LogP contribution in [0.4, 0.5) is 15.2 Å². The van der Waals surface area contributed by atoms with Crippen LogP contribution >= 0.6 is 11.5 Å². The number of hydrogen-bond donors (Lipinski definition) is 1. The third kappa shape index (κ3) is 4.54. The van der Waals surface area contributed by atoms with Crippen LogP contribution in [0.5, 0.6) is 5.75 Å². The number of benzene rings is 2. The average Bonchev–Trinajstić information content (AvgIpc) is 3.39. The number of nitrogens with zero attached hydrogens (tertiary/aromatic N) is 3. The van der Waals surface area contributed by atoms with Gasteiger partial charge in [0, 0.05) is 30.2 Å². The van der Waals surface area contributed by atoms with Gasteiger partial charge in [-0.2, -0.15) is 4.37 Å². The van der Waals surface area contributed by atoms with Gasteiger partial charge in [0.15, 0.2) is 0 Å². The van der Waals surface area contributed by atoms with Crippen LogP contribution in [0.15, 0.2) is 48.5 Å². The van der Waals surface area contributed by atoms with Gasteiger partial charge in [-0.15, -0.1) is 0 Å². The van der Waals surface area contributed by atoms with Gasteiger partial charge in [0.2, 0.25) is 11.0 Å². The molecule has 6 nitrogen and oxygen atoms in total. The normalized spacial score (nSPS) is 16.1. The van der Waals surface area contributed by atoms with Crippen LogP contribution in [0.1, 0.15) is 24.2 Å². The first-order chi connectivity index (χ1) is 14.1. The molecule has 0 spiro atoms. The van der Waals surface area contributed by atoms with E-state index in [9.17, 15) is 9.18 Å². The summed E-state index contributed by atoms with van der Waals surface area (Å²) < 4.78 is 22.8. The number of carbonyl (C=O) groups excluding carboxylic acids is 1. The van der Waals surface area contributed by atoms with Crippen molar-refractivity contribution in [2.45, 2.75) is 25.3 Å². The van der Waals surface area contributed by atoms with E-state index in [2.05, 4.69) is 14.7 Å². The van der Waals surface area contributed by atoms with Crippen molar-refractivity contribution in [2.24, 2.45) is 0 Å². The summed E-state index contributed by atoms with van der Waals surface area (Å²) in [4.78, 5) is 19.4. The average molecular weight is 412 g/mol. The third-order valence-corrected chi connectivity index (χ3v) is 5.66. The third-order valence-electron chi connectivity index (χ3n) is 4.87.